The van der Waals surface area contributed by atoms with Crippen molar-refractivity contribution in [3.8, 4) is 5.69 Å². The Balaban J connectivity index is 1.39. The Kier molecular flexibility index (Phi) is 7.47. The molecule has 0 saturated carbocycles. The normalized spacial score (nSPS) is 18.9. The Morgan fingerprint density at radius 2 is 1.66 bits per heavy atom. The first kappa shape index (κ1) is 27.0. The Bertz CT molecular complexity index is 1550. The van der Waals surface area contributed by atoms with Gasteiger partial charge in [-0.1, -0.05) is 6.07 Å². The molecule has 8 nitrogen and oxygen atoms in total. The number of hydrogen-bond acceptors (Lipinski definition) is 5. The van der Waals surface area contributed by atoms with E-state index in [9.17, 15) is 4.79 Å². The van der Waals surface area contributed by atoms with Gasteiger partial charge in [-0.05, 0) is 98.4 Å². The average molecular weight is 567 g/mol. The summed E-state index contributed by atoms with van der Waals surface area (Å²) in [5.41, 5.74) is 8.43. The highest BCUT2D eigenvalue weighted by Gasteiger charge is 2.42. The molecule has 2 aliphatic rings. The SMILES string of the molecule is CC(=O)Nc1ccc(N2C(=S)N[C@H](c3ccccn3)[C@H]2c2cc(C)n(-c3ccc(N4CCOCC4)cc3)c2C)cc1. The fourth-order valence-electron chi connectivity index (χ4n) is 5.98. The van der Waals surface area contributed by atoms with Gasteiger partial charge in [-0.3, -0.25) is 9.78 Å². The lowest BCUT2D eigenvalue weighted by atomic mass is 9.96. The minimum atomic E-state index is -0.142. The largest absolute Gasteiger partial charge is 0.378 e. The van der Waals surface area contributed by atoms with E-state index in [0.717, 1.165) is 60.4 Å². The second-order valence-electron chi connectivity index (χ2n) is 10.5. The average Bonchev–Trinajstić information content (AvgIpc) is 3.48. The number of amides is 1. The van der Waals surface area contributed by atoms with Gasteiger partial charge >= 0.3 is 0 Å². The Morgan fingerprint density at radius 3 is 2.32 bits per heavy atom. The molecule has 4 heterocycles. The van der Waals surface area contributed by atoms with Crippen LogP contribution in [0.25, 0.3) is 5.69 Å². The third kappa shape index (κ3) is 5.30. The summed E-state index contributed by atoms with van der Waals surface area (Å²) in [7, 11) is 0. The lowest BCUT2D eigenvalue weighted by Gasteiger charge is -2.29. The highest BCUT2D eigenvalue weighted by atomic mass is 32.1. The van der Waals surface area contributed by atoms with Gasteiger partial charge in [-0.25, -0.2) is 0 Å². The van der Waals surface area contributed by atoms with Gasteiger partial charge in [0.1, 0.15) is 0 Å². The van der Waals surface area contributed by atoms with Crippen molar-refractivity contribution >= 4 is 40.3 Å². The molecule has 2 aromatic carbocycles. The molecule has 0 bridgehead atoms. The van der Waals surface area contributed by atoms with Gasteiger partial charge in [0.05, 0.1) is 31.0 Å². The van der Waals surface area contributed by atoms with E-state index in [-0.39, 0.29) is 18.0 Å². The summed E-state index contributed by atoms with van der Waals surface area (Å²) < 4.78 is 7.83. The molecule has 0 unspecified atom stereocenters. The quantitative estimate of drug-likeness (QED) is 0.300. The fourth-order valence-corrected chi connectivity index (χ4v) is 6.32. The number of rotatable bonds is 6. The number of anilines is 3. The van der Waals surface area contributed by atoms with Crippen LogP contribution in [0.4, 0.5) is 17.1 Å². The van der Waals surface area contributed by atoms with Crippen LogP contribution >= 0.6 is 12.2 Å². The van der Waals surface area contributed by atoms with Gasteiger partial charge in [0.25, 0.3) is 0 Å². The van der Waals surface area contributed by atoms with E-state index in [1.165, 1.54) is 18.2 Å². The number of nitrogens with zero attached hydrogens (tertiary/aromatic N) is 4. The van der Waals surface area contributed by atoms with E-state index in [0.29, 0.717) is 5.11 Å². The molecule has 9 heteroatoms. The number of nitrogens with one attached hydrogen (secondary N) is 2. The number of pyridine rings is 1. The van der Waals surface area contributed by atoms with Crippen molar-refractivity contribution in [3.63, 3.8) is 0 Å². The second kappa shape index (κ2) is 11.3. The molecule has 6 rings (SSSR count). The molecule has 0 spiro atoms. The topological polar surface area (TPSA) is 74.7 Å². The molecule has 2 aliphatic heterocycles. The molecule has 2 N–H and O–H groups in total. The standard InChI is InChI=1S/C32H34N6O2S/c1-21-20-28(22(2)37(21)26-13-11-25(12-14-26)36-16-18-40-19-17-36)31-30(29-6-4-5-15-33-29)35-32(41)38(31)27-9-7-24(8-10-27)34-23(3)39/h4-15,20,30-31H,16-19H2,1-3H3,(H,34,39)(H,35,41)/t30-,31-/m1/s1. The smallest absolute Gasteiger partial charge is 0.221 e. The number of thiocarbonyl (C=S) groups is 1. The zero-order valence-electron chi connectivity index (χ0n) is 23.5. The molecule has 1 amide bonds. The third-order valence-corrected chi connectivity index (χ3v) is 8.15. The summed E-state index contributed by atoms with van der Waals surface area (Å²) in [5.74, 6) is -0.102. The minimum Gasteiger partial charge on any atom is -0.378 e. The molecular weight excluding hydrogens is 532 g/mol. The molecule has 2 fully saturated rings. The van der Waals surface area contributed by atoms with Crippen LogP contribution in [0.15, 0.2) is 79.0 Å². The molecule has 0 radical (unpaired) electrons. The van der Waals surface area contributed by atoms with Gasteiger partial charge < -0.3 is 29.7 Å². The Labute approximate surface area is 245 Å². The summed E-state index contributed by atoms with van der Waals surface area (Å²) in [5, 5.41) is 7.04. The Morgan fingerprint density at radius 1 is 0.976 bits per heavy atom. The number of aryl methyl sites for hydroxylation is 1. The van der Waals surface area contributed by atoms with Gasteiger partial charge in [0.15, 0.2) is 5.11 Å². The van der Waals surface area contributed by atoms with Crippen molar-refractivity contribution < 1.29 is 9.53 Å². The maximum Gasteiger partial charge on any atom is 0.221 e. The first-order valence-electron chi connectivity index (χ1n) is 13.9. The highest BCUT2D eigenvalue weighted by molar-refractivity contribution is 7.80. The number of carbonyl (C=O) groups excluding carboxylic acids is 1. The van der Waals surface area contributed by atoms with E-state index in [1.54, 1.807) is 0 Å². The summed E-state index contributed by atoms with van der Waals surface area (Å²) in [6.07, 6.45) is 1.82. The molecule has 0 aliphatic carbocycles. The highest BCUT2D eigenvalue weighted by Crippen LogP contribution is 2.44. The van der Waals surface area contributed by atoms with Crippen LogP contribution in [-0.4, -0.2) is 46.9 Å². The van der Waals surface area contributed by atoms with Crippen molar-refractivity contribution in [2.24, 2.45) is 0 Å². The van der Waals surface area contributed by atoms with Gasteiger partial charge in [0.2, 0.25) is 5.91 Å². The van der Waals surface area contributed by atoms with Gasteiger partial charge in [-0.15, -0.1) is 0 Å². The van der Waals surface area contributed by atoms with Crippen molar-refractivity contribution in [3.05, 3.63) is 102 Å². The summed E-state index contributed by atoms with van der Waals surface area (Å²) in [4.78, 5) is 20.8. The van der Waals surface area contributed by atoms with Crippen LogP contribution < -0.4 is 20.4 Å². The number of hydrogen-bond donors (Lipinski definition) is 2. The Hall–Kier alpha value is -4.21. The van der Waals surface area contributed by atoms with Crippen molar-refractivity contribution in [2.75, 3.05) is 41.4 Å². The molecule has 2 saturated heterocycles. The predicted molar refractivity (Wildman–Crippen MR) is 167 cm³/mol. The maximum atomic E-state index is 11.6. The van der Waals surface area contributed by atoms with Crippen molar-refractivity contribution in [1.29, 1.82) is 0 Å². The maximum absolute atomic E-state index is 11.6. The molecule has 2 atom stereocenters. The lowest BCUT2D eigenvalue weighted by molar-refractivity contribution is -0.114. The van der Waals surface area contributed by atoms with Crippen LogP contribution in [0.5, 0.6) is 0 Å². The van der Waals surface area contributed by atoms with E-state index in [1.807, 2.05) is 48.7 Å². The van der Waals surface area contributed by atoms with Crippen LogP contribution in [0.3, 0.4) is 0 Å². The zero-order valence-corrected chi connectivity index (χ0v) is 24.3. The summed E-state index contributed by atoms with van der Waals surface area (Å²) in [6.45, 7) is 9.19. The molecule has 2 aromatic heterocycles. The summed E-state index contributed by atoms with van der Waals surface area (Å²) >= 11 is 5.93. The number of benzene rings is 2. The number of aromatic nitrogens is 2. The van der Waals surface area contributed by atoms with Crippen LogP contribution in [-0.2, 0) is 9.53 Å². The van der Waals surface area contributed by atoms with E-state index >= 15 is 0 Å². The van der Waals surface area contributed by atoms with E-state index in [4.69, 9.17) is 21.9 Å². The van der Waals surface area contributed by atoms with Crippen LogP contribution in [0.2, 0.25) is 0 Å². The fraction of sp³-hybridized carbons (Fsp3) is 0.281. The number of ether oxygens (including phenoxy) is 1. The van der Waals surface area contributed by atoms with Gasteiger partial charge in [-0.2, -0.15) is 0 Å². The predicted octanol–water partition coefficient (Wildman–Crippen LogP) is 5.46. The van der Waals surface area contributed by atoms with E-state index in [2.05, 4.69) is 69.2 Å². The first-order chi connectivity index (χ1) is 19.9. The molecule has 4 aromatic rings. The van der Waals surface area contributed by atoms with E-state index < -0.39 is 0 Å². The van der Waals surface area contributed by atoms with Crippen LogP contribution in [0.1, 0.15) is 41.7 Å². The first-order valence-corrected chi connectivity index (χ1v) is 14.3. The van der Waals surface area contributed by atoms with Crippen molar-refractivity contribution in [1.82, 2.24) is 14.9 Å². The van der Waals surface area contributed by atoms with Crippen LogP contribution in [0, 0.1) is 13.8 Å². The molecular formula is C32H34N6O2S. The minimum absolute atomic E-state index is 0.102. The van der Waals surface area contributed by atoms with Gasteiger partial charge in [0, 0.05) is 60.3 Å². The molecule has 41 heavy (non-hydrogen) atoms. The summed E-state index contributed by atoms with van der Waals surface area (Å²) in [6, 6.07) is 24.6. The number of carbonyl (C=O) groups is 1. The molecule has 210 valence electrons. The number of morpholine rings is 1. The monoisotopic (exact) mass is 566 g/mol. The lowest BCUT2D eigenvalue weighted by Crippen LogP contribution is -2.36. The third-order valence-electron chi connectivity index (χ3n) is 7.84. The second-order valence-corrected chi connectivity index (χ2v) is 10.9. The van der Waals surface area contributed by atoms with Crippen molar-refractivity contribution in [2.45, 2.75) is 32.9 Å². The zero-order chi connectivity index (χ0) is 28.5.